The zero-order valence-electron chi connectivity index (χ0n) is 21.5. The molecule has 2 heteroatoms. The minimum atomic E-state index is -0.389. The van der Waals surface area contributed by atoms with Crippen molar-refractivity contribution >= 4 is 0 Å². The smallest absolute Gasteiger partial charge is 0.0648 e. The van der Waals surface area contributed by atoms with Gasteiger partial charge in [-0.05, 0) is 129 Å². The molecule has 0 aromatic heterocycles. The first-order valence-electron chi connectivity index (χ1n) is 13.9. The molecule has 4 rings (SSSR count). The average Bonchev–Trinajstić information content (AvgIpc) is 3.09. The van der Waals surface area contributed by atoms with Gasteiger partial charge in [0.25, 0.3) is 0 Å². The lowest BCUT2D eigenvalue weighted by atomic mass is 9.43. The molecule has 0 aromatic rings. The highest BCUT2D eigenvalue weighted by molar-refractivity contribution is 5.11. The molecule has 0 saturated heterocycles. The number of fused-ring (bicyclic) bond motifs is 5. The highest BCUT2D eigenvalue weighted by Crippen LogP contribution is 2.69. The van der Waals surface area contributed by atoms with E-state index in [-0.39, 0.29) is 11.7 Å². The summed E-state index contributed by atoms with van der Waals surface area (Å²) < 4.78 is 0. The lowest BCUT2D eigenvalue weighted by Gasteiger charge is -2.62. The van der Waals surface area contributed by atoms with Crippen molar-refractivity contribution in [2.75, 3.05) is 0 Å². The molecule has 4 aliphatic rings. The molecule has 0 spiro atoms. The van der Waals surface area contributed by atoms with Crippen LogP contribution in [0.15, 0.2) is 0 Å². The second-order valence-electron chi connectivity index (χ2n) is 13.6. The molecule has 0 amide bonds. The van der Waals surface area contributed by atoms with Gasteiger partial charge in [0.2, 0.25) is 0 Å². The summed E-state index contributed by atoms with van der Waals surface area (Å²) in [5.41, 5.74) is 0.494. The SMILES string of the molecule is CC[C@@]1(O)CC[C@@]2(C)[C@H](CC[C@@H]3[C@@H]2CC[C@]2(C)[C@@H]([C@H](C)[C@H](O)CCC(C)C)CC[C@@H]32)C1. The van der Waals surface area contributed by atoms with Crippen LogP contribution in [0.25, 0.3) is 0 Å². The van der Waals surface area contributed by atoms with Crippen LogP contribution in [0.4, 0.5) is 0 Å². The van der Waals surface area contributed by atoms with Crippen LogP contribution in [0.1, 0.15) is 119 Å². The summed E-state index contributed by atoms with van der Waals surface area (Å²) in [6, 6.07) is 0. The third-order valence-corrected chi connectivity index (χ3v) is 11.8. The van der Waals surface area contributed by atoms with E-state index in [0.717, 1.165) is 55.8 Å². The molecule has 0 heterocycles. The second kappa shape index (κ2) is 8.61. The molecule has 2 N–H and O–H groups in total. The van der Waals surface area contributed by atoms with Crippen molar-refractivity contribution in [1.82, 2.24) is 0 Å². The maximum atomic E-state index is 11.0. The Morgan fingerprint density at radius 1 is 0.839 bits per heavy atom. The van der Waals surface area contributed by atoms with Crippen LogP contribution in [0.2, 0.25) is 0 Å². The van der Waals surface area contributed by atoms with Gasteiger partial charge in [0.1, 0.15) is 0 Å². The maximum Gasteiger partial charge on any atom is 0.0648 e. The first-order chi connectivity index (χ1) is 14.5. The van der Waals surface area contributed by atoms with Crippen LogP contribution in [-0.2, 0) is 0 Å². The molecule has 31 heavy (non-hydrogen) atoms. The third-order valence-electron chi connectivity index (χ3n) is 11.8. The Bertz CT molecular complexity index is 630. The van der Waals surface area contributed by atoms with E-state index in [1.54, 1.807) is 0 Å². The van der Waals surface area contributed by atoms with Crippen molar-refractivity contribution in [3.63, 3.8) is 0 Å². The molecular weight excluding hydrogens is 380 g/mol. The van der Waals surface area contributed by atoms with E-state index in [9.17, 15) is 10.2 Å². The molecule has 4 saturated carbocycles. The molecule has 2 nitrogen and oxygen atoms in total. The predicted molar refractivity (Wildman–Crippen MR) is 130 cm³/mol. The highest BCUT2D eigenvalue weighted by Gasteiger charge is 2.61. The van der Waals surface area contributed by atoms with Crippen molar-refractivity contribution in [3.8, 4) is 0 Å². The molecule has 4 fully saturated rings. The first-order valence-corrected chi connectivity index (χ1v) is 13.9. The highest BCUT2D eigenvalue weighted by atomic mass is 16.3. The van der Waals surface area contributed by atoms with Crippen LogP contribution in [-0.4, -0.2) is 21.9 Å². The van der Waals surface area contributed by atoms with Gasteiger partial charge in [-0.1, -0.05) is 41.5 Å². The number of aliphatic hydroxyl groups is 2. The monoisotopic (exact) mass is 432 g/mol. The normalized spacial score (nSPS) is 49.3. The number of hydrogen-bond donors (Lipinski definition) is 2. The Kier molecular flexibility index (Phi) is 6.68. The third kappa shape index (κ3) is 4.05. The van der Waals surface area contributed by atoms with Crippen molar-refractivity contribution in [2.24, 2.45) is 52.3 Å². The van der Waals surface area contributed by atoms with E-state index in [1.807, 2.05) is 0 Å². The predicted octanol–water partition coefficient (Wildman–Crippen LogP) is 7.22. The van der Waals surface area contributed by atoms with Crippen molar-refractivity contribution < 1.29 is 10.2 Å². The maximum absolute atomic E-state index is 11.0. The van der Waals surface area contributed by atoms with Crippen molar-refractivity contribution in [2.45, 2.75) is 130 Å². The zero-order chi connectivity index (χ0) is 22.6. The quantitative estimate of drug-likeness (QED) is 0.465. The summed E-state index contributed by atoms with van der Waals surface area (Å²) in [6.45, 7) is 14.3. The Morgan fingerprint density at radius 3 is 2.23 bits per heavy atom. The largest absolute Gasteiger partial charge is 0.393 e. The first kappa shape index (κ1) is 24.1. The van der Waals surface area contributed by atoms with Crippen LogP contribution >= 0.6 is 0 Å². The van der Waals surface area contributed by atoms with E-state index in [4.69, 9.17) is 0 Å². The van der Waals surface area contributed by atoms with Crippen LogP contribution in [0.5, 0.6) is 0 Å². The van der Waals surface area contributed by atoms with E-state index >= 15 is 0 Å². The minimum absolute atomic E-state index is 0.126. The van der Waals surface area contributed by atoms with Gasteiger partial charge in [-0.3, -0.25) is 0 Å². The van der Waals surface area contributed by atoms with Gasteiger partial charge >= 0.3 is 0 Å². The Morgan fingerprint density at radius 2 is 1.55 bits per heavy atom. The van der Waals surface area contributed by atoms with Gasteiger partial charge in [0.15, 0.2) is 0 Å². The fourth-order valence-electron chi connectivity index (χ4n) is 9.58. The van der Waals surface area contributed by atoms with Crippen LogP contribution in [0.3, 0.4) is 0 Å². The molecule has 0 radical (unpaired) electrons. The molecule has 0 unspecified atom stereocenters. The number of aliphatic hydroxyl groups excluding tert-OH is 1. The summed E-state index contributed by atoms with van der Waals surface area (Å²) in [4.78, 5) is 0. The number of rotatable bonds is 6. The van der Waals surface area contributed by atoms with Crippen LogP contribution in [0, 0.1) is 52.3 Å². The molecule has 0 aliphatic heterocycles. The van der Waals surface area contributed by atoms with E-state index in [0.29, 0.717) is 28.6 Å². The average molecular weight is 433 g/mol. The van der Waals surface area contributed by atoms with Gasteiger partial charge in [-0.25, -0.2) is 0 Å². The molecule has 180 valence electrons. The number of hydrogen-bond acceptors (Lipinski definition) is 2. The summed E-state index contributed by atoms with van der Waals surface area (Å²) in [5, 5.41) is 22.0. The van der Waals surface area contributed by atoms with E-state index < -0.39 is 0 Å². The molecular formula is C29H52O2. The summed E-state index contributed by atoms with van der Waals surface area (Å²) in [6.07, 6.45) is 14.4. The van der Waals surface area contributed by atoms with Gasteiger partial charge < -0.3 is 10.2 Å². The summed E-state index contributed by atoms with van der Waals surface area (Å²) in [5.74, 6) is 5.16. The van der Waals surface area contributed by atoms with Crippen molar-refractivity contribution in [1.29, 1.82) is 0 Å². The van der Waals surface area contributed by atoms with Gasteiger partial charge in [0, 0.05) is 0 Å². The van der Waals surface area contributed by atoms with Crippen LogP contribution < -0.4 is 0 Å². The fraction of sp³-hybridized carbons (Fsp3) is 1.00. The Labute approximate surface area is 193 Å². The topological polar surface area (TPSA) is 40.5 Å². The Hall–Kier alpha value is -0.0800. The molecule has 10 atom stereocenters. The van der Waals surface area contributed by atoms with Gasteiger partial charge in [-0.15, -0.1) is 0 Å². The zero-order valence-corrected chi connectivity index (χ0v) is 21.5. The summed E-state index contributed by atoms with van der Waals surface area (Å²) >= 11 is 0. The second-order valence-corrected chi connectivity index (χ2v) is 13.6. The van der Waals surface area contributed by atoms with Gasteiger partial charge in [0.05, 0.1) is 11.7 Å². The summed E-state index contributed by atoms with van der Waals surface area (Å²) in [7, 11) is 0. The van der Waals surface area contributed by atoms with Gasteiger partial charge in [-0.2, -0.15) is 0 Å². The lowest BCUT2D eigenvalue weighted by molar-refractivity contribution is -0.154. The minimum Gasteiger partial charge on any atom is -0.393 e. The molecule has 0 bridgehead atoms. The fourth-order valence-corrected chi connectivity index (χ4v) is 9.58. The van der Waals surface area contributed by atoms with E-state index in [2.05, 4.69) is 41.5 Å². The standard InChI is InChI=1S/C29H52O2/c1-7-29(31)17-16-27(5)21(18-29)9-10-22-24-12-11-23(28(24,6)15-14-25(22)27)20(4)26(30)13-8-19(2)3/h19-26,30-31H,7-18H2,1-6H3/t20-,21+,22-,23+,24-,25-,26+,27-,28+,29+/m0/s1. The lowest BCUT2D eigenvalue weighted by Crippen LogP contribution is -2.56. The van der Waals surface area contributed by atoms with E-state index in [1.165, 1.54) is 44.9 Å². The van der Waals surface area contributed by atoms with Crippen molar-refractivity contribution in [3.05, 3.63) is 0 Å². The molecule has 0 aromatic carbocycles. The Balaban J connectivity index is 1.48. The molecule has 4 aliphatic carbocycles.